The van der Waals surface area contributed by atoms with Gasteiger partial charge in [0, 0.05) is 0 Å². The molecule has 3 nitrogen and oxygen atoms in total. The van der Waals surface area contributed by atoms with Crippen LogP contribution in [-0.2, 0) is 4.79 Å². The summed E-state index contributed by atoms with van der Waals surface area (Å²) in [7, 11) is 1.64. The second kappa shape index (κ2) is 9.62. The third-order valence-corrected chi connectivity index (χ3v) is 1.05. The number of rotatable bonds is 3. The molecule has 0 fully saturated rings. The number of nitrogens with one attached hydrogen (secondary N) is 1. The predicted octanol–water partition coefficient (Wildman–Crippen LogP) is -1.23. The number of hydrogen-bond acceptors (Lipinski definition) is 2. The Morgan fingerprint density at radius 1 is 1.60 bits per heavy atom. The molecule has 0 bridgehead atoms. The molecule has 2 N–H and O–H groups in total. The van der Waals surface area contributed by atoms with Gasteiger partial charge in [-0.3, -0.25) is 4.79 Å². The average Bonchev–Trinajstić information content (AvgIpc) is 1.69. The number of likely N-dealkylation sites (N-methyl/N-ethyl adjacent to an activating group) is 1. The van der Waals surface area contributed by atoms with E-state index in [9.17, 15) is 4.79 Å². The predicted molar refractivity (Wildman–Crippen MR) is 45.1 cm³/mol. The van der Waals surface area contributed by atoms with Crippen LogP contribution in [0.1, 0.15) is 13.3 Å². The van der Waals surface area contributed by atoms with Crippen molar-refractivity contribution in [3.63, 3.8) is 0 Å². The van der Waals surface area contributed by atoms with Crippen molar-refractivity contribution in [3.05, 3.63) is 0 Å². The Balaban J connectivity index is -0.000000245. The van der Waals surface area contributed by atoms with Crippen molar-refractivity contribution in [2.75, 3.05) is 7.05 Å². The van der Waals surface area contributed by atoms with Crippen molar-refractivity contribution in [1.82, 2.24) is 5.32 Å². The van der Waals surface area contributed by atoms with E-state index < -0.39 is 5.97 Å². The Bertz CT molecular complexity index is 85.7. The van der Waals surface area contributed by atoms with Gasteiger partial charge in [-0.1, -0.05) is 6.92 Å². The first-order valence-electron chi connectivity index (χ1n) is 2.62. The van der Waals surface area contributed by atoms with Crippen LogP contribution in [0.3, 0.4) is 0 Å². The molecule has 0 aliphatic rings. The number of aliphatic carboxylic acids is 1. The molecule has 0 aliphatic carbocycles. The minimum atomic E-state index is -0.782. The summed E-state index contributed by atoms with van der Waals surface area (Å²) < 4.78 is 0. The van der Waals surface area contributed by atoms with Crippen LogP contribution in [0.2, 0.25) is 0 Å². The zero-order valence-electron chi connectivity index (χ0n) is 5.14. The van der Waals surface area contributed by atoms with E-state index in [1.54, 1.807) is 7.05 Å². The van der Waals surface area contributed by atoms with Crippen LogP contribution in [0.4, 0.5) is 0 Å². The van der Waals surface area contributed by atoms with E-state index in [0.717, 1.165) is 0 Å². The van der Waals surface area contributed by atoms with E-state index in [1.165, 1.54) is 0 Å². The second-order valence-electron chi connectivity index (χ2n) is 1.59. The molecule has 0 spiro atoms. The first kappa shape index (κ1) is 16.9. The van der Waals surface area contributed by atoms with Gasteiger partial charge in [-0.25, -0.2) is 0 Å². The normalized spacial score (nSPS) is 10.6. The summed E-state index contributed by atoms with van der Waals surface area (Å²) in [6.45, 7) is 1.83. The topological polar surface area (TPSA) is 49.3 Å². The maximum absolute atomic E-state index is 10.1. The summed E-state index contributed by atoms with van der Waals surface area (Å²) >= 11 is 0. The Kier molecular flexibility index (Phi) is 16.3. The summed E-state index contributed by atoms with van der Waals surface area (Å²) in [4.78, 5) is 10.1. The molecule has 0 heterocycles. The van der Waals surface area contributed by atoms with Crippen LogP contribution >= 0.6 is 0 Å². The quantitative estimate of drug-likeness (QED) is 0.474. The summed E-state index contributed by atoms with van der Waals surface area (Å²) in [6, 6.07) is -0.380. The zero-order chi connectivity index (χ0) is 6.57. The number of hydrogen-bond donors (Lipinski definition) is 2. The fourth-order valence-electron chi connectivity index (χ4n) is 0.502. The molecule has 0 radical (unpaired) electrons. The van der Waals surface area contributed by atoms with Crippen LogP contribution in [0.5, 0.6) is 0 Å². The molecule has 0 saturated carbocycles. The molecule has 0 aromatic rings. The SMILES string of the molecule is CCC(NC)C(=O)O.[LiH].[LiH]. The van der Waals surface area contributed by atoms with E-state index in [-0.39, 0.29) is 43.8 Å². The van der Waals surface area contributed by atoms with Gasteiger partial charge in [-0.15, -0.1) is 0 Å². The molecule has 0 rings (SSSR count). The van der Waals surface area contributed by atoms with Gasteiger partial charge in [0.05, 0.1) is 0 Å². The first-order valence-corrected chi connectivity index (χ1v) is 2.62. The van der Waals surface area contributed by atoms with Gasteiger partial charge in [0.1, 0.15) is 6.04 Å². The van der Waals surface area contributed by atoms with Crippen molar-refractivity contribution in [3.8, 4) is 0 Å². The van der Waals surface area contributed by atoms with E-state index in [1.807, 2.05) is 6.92 Å². The molecule has 1 unspecified atom stereocenters. The Hall–Kier alpha value is 0.625. The van der Waals surface area contributed by atoms with Crippen LogP contribution in [0.15, 0.2) is 0 Å². The fourth-order valence-corrected chi connectivity index (χ4v) is 0.502. The summed E-state index contributed by atoms with van der Waals surface area (Å²) in [6.07, 6.45) is 0.631. The van der Waals surface area contributed by atoms with Crippen LogP contribution in [0.25, 0.3) is 0 Å². The summed E-state index contributed by atoms with van der Waals surface area (Å²) in [5, 5.41) is 11.0. The second-order valence-corrected chi connectivity index (χ2v) is 1.59. The van der Waals surface area contributed by atoms with E-state index in [0.29, 0.717) is 6.42 Å². The first-order chi connectivity index (χ1) is 3.72. The molecule has 0 amide bonds. The Labute approximate surface area is 85.3 Å². The Morgan fingerprint density at radius 3 is 2.00 bits per heavy atom. The van der Waals surface area contributed by atoms with Crippen molar-refractivity contribution >= 4 is 43.7 Å². The van der Waals surface area contributed by atoms with Crippen LogP contribution in [0, 0.1) is 0 Å². The average molecular weight is 133 g/mol. The van der Waals surface area contributed by atoms with Gasteiger partial charge in [0.25, 0.3) is 0 Å². The number of carboxylic acids is 1. The molecular formula is C5H13Li2NO2. The number of carbonyl (C=O) groups is 1. The molecule has 5 heteroatoms. The third-order valence-electron chi connectivity index (χ3n) is 1.05. The summed E-state index contributed by atoms with van der Waals surface area (Å²) in [5.41, 5.74) is 0. The molecular weight excluding hydrogens is 120 g/mol. The van der Waals surface area contributed by atoms with Gasteiger partial charge in [0.15, 0.2) is 0 Å². The van der Waals surface area contributed by atoms with Gasteiger partial charge in [0.2, 0.25) is 0 Å². The molecule has 1 atom stereocenters. The van der Waals surface area contributed by atoms with Gasteiger partial charge in [-0.2, -0.15) is 0 Å². The van der Waals surface area contributed by atoms with Crippen molar-refractivity contribution in [2.45, 2.75) is 19.4 Å². The molecule has 0 aliphatic heterocycles. The van der Waals surface area contributed by atoms with Gasteiger partial charge < -0.3 is 10.4 Å². The maximum atomic E-state index is 10.1. The van der Waals surface area contributed by atoms with E-state index in [2.05, 4.69) is 5.32 Å². The molecule has 52 valence electrons. The standard InChI is InChI=1S/C5H11NO2.2Li.2H/c1-3-4(6-2)5(7)8;;;;/h4,6H,3H2,1-2H3,(H,7,8);;;;. The van der Waals surface area contributed by atoms with Gasteiger partial charge >= 0.3 is 43.7 Å². The fraction of sp³-hybridized carbons (Fsp3) is 0.800. The minimum absolute atomic E-state index is 0. The number of carboxylic acid groups (broad SMARTS) is 1. The van der Waals surface area contributed by atoms with Crippen LogP contribution in [-0.4, -0.2) is 61.9 Å². The Morgan fingerprint density at radius 2 is 2.00 bits per heavy atom. The zero-order valence-corrected chi connectivity index (χ0v) is 5.14. The molecule has 0 saturated heterocycles. The molecule has 0 aromatic heterocycles. The van der Waals surface area contributed by atoms with Crippen molar-refractivity contribution in [1.29, 1.82) is 0 Å². The monoisotopic (exact) mass is 133 g/mol. The summed E-state index contributed by atoms with van der Waals surface area (Å²) in [5.74, 6) is -0.782. The van der Waals surface area contributed by atoms with E-state index in [4.69, 9.17) is 5.11 Å². The third kappa shape index (κ3) is 6.74. The van der Waals surface area contributed by atoms with E-state index >= 15 is 0 Å². The van der Waals surface area contributed by atoms with Gasteiger partial charge in [-0.05, 0) is 13.5 Å². The van der Waals surface area contributed by atoms with Crippen LogP contribution < -0.4 is 5.32 Å². The molecule has 0 aromatic carbocycles. The van der Waals surface area contributed by atoms with Crippen molar-refractivity contribution in [2.24, 2.45) is 0 Å². The van der Waals surface area contributed by atoms with Crippen molar-refractivity contribution < 1.29 is 9.90 Å². The molecule has 10 heavy (non-hydrogen) atoms.